The van der Waals surface area contributed by atoms with Crippen LogP contribution < -0.4 is 4.74 Å². The first kappa shape index (κ1) is 17.1. The zero-order valence-electron chi connectivity index (χ0n) is 13.0. The van der Waals surface area contributed by atoms with Gasteiger partial charge in [0, 0.05) is 6.07 Å². The predicted molar refractivity (Wildman–Crippen MR) is 83.8 cm³/mol. The second-order valence-corrected chi connectivity index (χ2v) is 4.85. The third-order valence-corrected chi connectivity index (χ3v) is 3.27. The molecule has 0 aliphatic rings. The number of ether oxygens (including phenoxy) is 2. The Bertz CT molecular complexity index is 492. The average molecular weight is 292 g/mol. The summed E-state index contributed by atoms with van der Waals surface area (Å²) in [6.07, 6.45) is 9.55. The molecule has 0 aliphatic heterocycles. The summed E-state index contributed by atoms with van der Waals surface area (Å²) in [6.45, 7) is 2.18. The number of esters is 1. The van der Waals surface area contributed by atoms with Gasteiger partial charge in [0.15, 0.2) is 0 Å². The van der Waals surface area contributed by atoms with E-state index in [4.69, 9.17) is 9.47 Å². The van der Waals surface area contributed by atoms with Crippen LogP contribution in [0.3, 0.4) is 0 Å². The number of aromatic hydroxyl groups is 1. The number of unbranched alkanes of at least 4 members (excludes halogenated alkanes) is 4. The summed E-state index contributed by atoms with van der Waals surface area (Å²) < 4.78 is 9.83. The summed E-state index contributed by atoms with van der Waals surface area (Å²) in [7, 11) is 2.81. The van der Waals surface area contributed by atoms with Crippen LogP contribution in [0, 0.1) is 0 Å². The van der Waals surface area contributed by atoms with Crippen molar-refractivity contribution in [1.82, 2.24) is 0 Å². The lowest BCUT2D eigenvalue weighted by Crippen LogP contribution is -2.04. The number of allylic oxidation sites excluding steroid dienone is 1. The van der Waals surface area contributed by atoms with Crippen molar-refractivity contribution < 1.29 is 19.4 Å². The molecule has 4 nitrogen and oxygen atoms in total. The van der Waals surface area contributed by atoms with E-state index < -0.39 is 5.97 Å². The van der Waals surface area contributed by atoms with Crippen molar-refractivity contribution in [3.8, 4) is 11.5 Å². The molecule has 0 fully saturated rings. The second-order valence-electron chi connectivity index (χ2n) is 4.85. The standard InChI is InChI=1S/C17H24O4/c1-4-5-6-7-8-9-10-13-11-14(20-2)12-15(18)16(13)17(19)21-3/h9-12,18H,4-8H2,1-3H3/b10-9+. The van der Waals surface area contributed by atoms with Crippen molar-refractivity contribution in [2.75, 3.05) is 14.2 Å². The number of carbonyl (C=O) groups is 1. The molecule has 0 saturated carbocycles. The first-order valence-electron chi connectivity index (χ1n) is 7.29. The third-order valence-electron chi connectivity index (χ3n) is 3.27. The Labute approximate surface area is 126 Å². The highest BCUT2D eigenvalue weighted by atomic mass is 16.5. The number of rotatable bonds is 8. The Morgan fingerprint density at radius 3 is 2.62 bits per heavy atom. The molecule has 0 spiro atoms. The zero-order valence-corrected chi connectivity index (χ0v) is 13.0. The van der Waals surface area contributed by atoms with Gasteiger partial charge in [-0.2, -0.15) is 0 Å². The minimum Gasteiger partial charge on any atom is -0.507 e. The number of carbonyl (C=O) groups excluding carboxylic acids is 1. The summed E-state index contributed by atoms with van der Waals surface area (Å²) in [4.78, 5) is 11.8. The van der Waals surface area contributed by atoms with Gasteiger partial charge < -0.3 is 14.6 Å². The van der Waals surface area contributed by atoms with Gasteiger partial charge in [0.1, 0.15) is 17.1 Å². The Hall–Kier alpha value is -1.97. The summed E-state index contributed by atoms with van der Waals surface area (Å²) in [6, 6.07) is 3.12. The van der Waals surface area contributed by atoms with E-state index in [0.717, 1.165) is 12.8 Å². The summed E-state index contributed by atoms with van der Waals surface area (Å²) in [5.41, 5.74) is 0.775. The number of benzene rings is 1. The van der Waals surface area contributed by atoms with Crippen molar-refractivity contribution in [2.24, 2.45) is 0 Å². The average Bonchev–Trinajstić information content (AvgIpc) is 2.49. The first-order chi connectivity index (χ1) is 10.1. The quantitative estimate of drug-likeness (QED) is 0.577. The van der Waals surface area contributed by atoms with Crippen LogP contribution in [0.25, 0.3) is 6.08 Å². The van der Waals surface area contributed by atoms with Gasteiger partial charge in [0.25, 0.3) is 0 Å². The van der Waals surface area contributed by atoms with E-state index in [1.165, 1.54) is 39.5 Å². The van der Waals surface area contributed by atoms with Gasteiger partial charge in [-0.3, -0.25) is 0 Å². The SMILES string of the molecule is CCCCCC/C=C/c1cc(OC)cc(O)c1C(=O)OC. The molecule has 21 heavy (non-hydrogen) atoms. The van der Waals surface area contributed by atoms with Crippen molar-refractivity contribution in [1.29, 1.82) is 0 Å². The highest BCUT2D eigenvalue weighted by Crippen LogP contribution is 2.29. The van der Waals surface area contributed by atoms with Gasteiger partial charge in [0.05, 0.1) is 14.2 Å². The van der Waals surface area contributed by atoms with E-state index in [1.54, 1.807) is 6.07 Å². The number of methoxy groups -OCH3 is 2. The Balaban J connectivity index is 2.89. The summed E-state index contributed by atoms with van der Waals surface area (Å²) in [5.74, 6) is -0.182. The normalized spacial score (nSPS) is 10.8. The molecule has 0 amide bonds. The molecule has 0 aromatic heterocycles. The maximum atomic E-state index is 11.8. The van der Waals surface area contributed by atoms with Crippen LogP contribution >= 0.6 is 0 Å². The molecule has 0 bridgehead atoms. The van der Waals surface area contributed by atoms with Crippen LogP contribution in [-0.4, -0.2) is 25.3 Å². The molecule has 0 radical (unpaired) electrons. The van der Waals surface area contributed by atoms with E-state index in [1.807, 2.05) is 12.2 Å². The van der Waals surface area contributed by atoms with Crippen molar-refractivity contribution in [3.63, 3.8) is 0 Å². The highest BCUT2D eigenvalue weighted by molar-refractivity contribution is 5.96. The number of phenolic OH excluding ortho intramolecular Hbond substituents is 1. The third kappa shape index (κ3) is 5.14. The lowest BCUT2D eigenvalue weighted by atomic mass is 10.0. The molecule has 0 unspecified atom stereocenters. The van der Waals surface area contributed by atoms with Gasteiger partial charge in [-0.1, -0.05) is 38.3 Å². The maximum Gasteiger partial charge on any atom is 0.342 e. The van der Waals surface area contributed by atoms with Crippen LogP contribution in [0.4, 0.5) is 0 Å². The maximum absolute atomic E-state index is 11.8. The molecule has 0 heterocycles. The minimum absolute atomic E-state index is 0.133. The summed E-state index contributed by atoms with van der Waals surface area (Å²) in [5, 5.41) is 9.96. The number of hydrogen-bond donors (Lipinski definition) is 1. The Kier molecular flexibility index (Phi) is 7.37. The molecule has 0 atom stereocenters. The molecule has 116 valence electrons. The van der Waals surface area contributed by atoms with E-state index in [9.17, 15) is 9.90 Å². The monoisotopic (exact) mass is 292 g/mol. The number of hydrogen-bond acceptors (Lipinski definition) is 4. The first-order valence-corrected chi connectivity index (χ1v) is 7.29. The highest BCUT2D eigenvalue weighted by Gasteiger charge is 2.17. The lowest BCUT2D eigenvalue weighted by Gasteiger charge is -2.09. The Morgan fingerprint density at radius 1 is 1.24 bits per heavy atom. The topological polar surface area (TPSA) is 55.8 Å². The van der Waals surface area contributed by atoms with E-state index in [-0.39, 0.29) is 11.3 Å². The fourth-order valence-electron chi connectivity index (χ4n) is 2.09. The van der Waals surface area contributed by atoms with Crippen LogP contribution in [0.1, 0.15) is 54.9 Å². The fraction of sp³-hybridized carbons (Fsp3) is 0.471. The molecule has 1 rings (SSSR count). The van der Waals surface area contributed by atoms with E-state index in [0.29, 0.717) is 11.3 Å². The predicted octanol–water partition coefficient (Wildman–Crippen LogP) is 4.17. The van der Waals surface area contributed by atoms with Gasteiger partial charge in [-0.05, 0) is 24.5 Å². The molecule has 4 heteroatoms. The Morgan fingerprint density at radius 2 is 2.00 bits per heavy atom. The lowest BCUT2D eigenvalue weighted by molar-refractivity contribution is 0.0597. The van der Waals surface area contributed by atoms with Crippen LogP contribution in [0.15, 0.2) is 18.2 Å². The van der Waals surface area contributed by atoms with Crippen LogP contribution in [-0.2, 0) is 4.74 Å². The van der Waals surface area contributed by atoms with Crippen LogP contribution in [0.5, 0.6) is 11.5 Å². The van der Waals surface area contributed by atoms with Crippen molar-refractivity contribution in [2.45, 2.75) is 39.0 Å². The van der Waals surface area contributed by atoms with Gasteiger partial charge in [-0.15, -0.1) is 0 Å². The second kappa shape index (κ2) is 9.06. The van der Waals surface area contributed by atoms with Gasteiger partial charge in [0.2, 0.25) is 0 Å². The molecule has 0 saturated heterocycles. The van der Waals surface area contributed by atoms with Crippen molar-refractivity contribution >= 4 is 12.0 Å². The smallest absolute Gasteiger partial charge is 0.342 e. The van der Waals surface area contributed by atoms with Gasteiger partial charge >= 0.3 is 5.97 Å². The largest absolute Gasteiger partial charge is 0.507 e. The molecular formula is C17H24O4. The fourth-order valence-corrected chi connectivity index (χ4v) is 2.09. The van der Waals surface area contributed by atoms with E-state index in [2.05, 4.69) is 6.92 Å². The van der Waals surface area contributed by atoms with Crippen molar-refractivity contribution in [3.05, 3.63) is 29.3 Å². The van der Waals surface area contributed by atoms with Crippen LogP contribution in [0.2, 0.25) is 0 Å². The molecular weight excluding hydrogens is 268 g/mol. The minimum atomic E-state index is -0.555. The van der Waals surface area contributed by atoms with Gasteiger partial charge in [-0.25, -0.2) is 4.79 Å². The zero-order chi connectivity index (χ0) is 15.7. The molecule has 1 N–H and O–H groups in total. The molecule has 1 aromatic rings. The molecule has 0 aliphatic carbocycles. The number of phenols is 1. The van der Waals surface area contributed by atoms with E-state index >= 15 is 0 Å². The summed E-state index contributed by atoms with van der Waals surface area (Å²) >= 11 is 0. The molecule has 1 aromatic carbocycles.